The molecule has 2 aromatic carbocycles. The van der Waals surface area contributed by atoms with Gasteiger partial charge >= 0.3 is 11.6 Å². The number of carboxylic acids is 1. The lowest BCUT2D eigenvalue weighted by Gasteiger charge is -2.18. The summed E-state index contributed by atoms with van der Waals surface area (Å²) < 4.78 is 11.4. The van der Waals surface area contributed by atoms with Crippen LogP contribution in [0, 0.1) is 20.8 Å². The molecule has 0 saturated heterocycles. The van der Waals surface area contributed by atoms with Crippen LogP contribution >= 0.6 is 11.8 Å². The zero-order valence-corrected chi connectivity index (χ0v) is 24.2. The standard InChI is InChI=1S/C31H34N2O7S/c1-18-20(3)39-26-15-27-24(14-23(18)26)19(2)22(31(38)40-27)11-12-28(34)33-25(30(37)32-13-7-10-29(35)36)17-41-16-21-8-5-4-6-9-21/h4-6,8-9,14-15,25H,7,10-13,16-17H2,1-3H3,(H,32,37)(H,33,34)(H,35,36)/t25-/m1/s1. The van der Waals surface area contributed by atoms with E-state index in [0.29, 0.717) is 34.7 Å². The van der Waals surface area contributed by atoms with E-state index in [-0.39, 0.29) is 37.6 Å². The molecule has 0 spiro atoms. The fourth-order valence-corrected chi connectivity index (χ4v) is 5.66. The van der Waals surface area contributed by atoms with Gasteiger partial charge in [-0.15, -0.1) is 0 Å². The van der Waals surface area contributed by atoms with Crippen molar-refractivity contribution >= 4 is 51.5 Å². The van der Waals surface area contributed by atoms with Crippen molar-refractivity contribution in [2.45, 2.75) is 58.2 Å². The highest BCUT2D eigenvalue weighted by molar-refractivity contribution is 7.98. The molecule has 3 N–H and O–H groups in total. The molecule has 0 radical (unpaired) electrons. The highest BCUT2D eigenvalue weighted by Gasteiger charge is 2.22. The van der Waals surface area contributed by atoms with Gasteiger partial charge in [0.05, 0.1) is 0 Å². The Kier molecular flexibility index (Phi) is 9.88. The number of carbonyl (C=O) groups is 3. The smallest absolute Gasteiger partial charge is 0.339 e. The summed E-state index contributed by atoms with van der Waals surface area (Å²) in [6.45, 7) is 5.90. The number of fused-ring (bicyclic) bond motifs is 2. The summed E-state index contributed by atoms with van der Waals surface area (Å²) in [5.41, 5.74) is 3.85. The molecule has 0 fully saturated rings. The molecule has 0 bridgehead atoms. The average molecular weight is 579 g/mol. The molecule has 10 heteroatoms. The minimum absolute atomic E-state index is 0.00462. The Bertz CT molecular complexity index is 1620. The Morgan fingerprint density at radius 1 is 0.951 bits per heavy atom. The van der Waals surface area contributed by atoms with E-state index in [1.54, 1.807) is 6.07 Å². The molecule has 41 heavy (non-hydrogen) atoms. The third-order valence-electron chi connectivity index (χ3n) is 7.10. The molecule has 0 saturated carbocycles. The summed E-state index contributed by atoms with van der Waals surface area (Å²) in [7, 11) is 0. The summed E-state index contributed by atoms with van der Waals surface area (Å²) >= 11 is 1.51. The average Bonchev–Trinajstić information content (AvgIpc) is 3.21. The molecule has 216 valence electrons. The third-order valence-corrected chi connectivity index (χ3v) is 8.21. The number of carbonyl (C=O) groups excluding carboxylic acids is 2. The van der Waals surface area contributed by atoms with Crippen molar-refractivity contribution in [2.24, 2.45) is 0 Å². The van der Waals surface area contributed by atoms with Crippen LogP contribution in [0.5, 0.6) is 0 Å². The minimum atomic E-state index is -0.935. The van der Waals surface area contributed by atoms with Gasteiger partial charge in [0, 0.05) is 53.3 Å². The van der Waals surface area contributed by atoms with Gasteiger partial charge in [-0.1, -0.05) is 30.3 Å². The summed E-state index contributed by atoms with van der Waals surface area (Å²) in [6, 6.07) is 12.7. The number of aryl methyl sites for hydroxylation is 3. The van der Waals surface area contributed by atoms with Gasteiger partial charge in [-0.3, -0.25) is 14.4 Å². The summed E-state index contributed by atoms with van der Waals surface area (Å²) in [5, 5.41) is 16.1. The van der Waals surface area contributed by atoms with Crippen molar-refractivity contribution in [3.8, 4) is 0 Å². The van der Waals surface area contributed by atoms with E-state index in [2.05, 4.69) is 10.6 Å². The first kappa shape index (κ1) is 29.9. The van der Waals surface area contributed by atoms with Crippen molar-refractivity contribution in [1.82, 2.24) is 10.6 Å². The minimum Gasteiger partial charge on any atom is -0.481 e. The van der Waals surface area contributed by atoms with Gasteiger partial charge in [-0.25, -0.2) is 4.79 Å². The number of aliphatic carboxylic acids is 1. The number of nitrogens with one attached hydrogen (secondary N) is 2. The van der Waals surface area contributed by atoms with Gasteiger partial charge in [0.25, 0.3) is 0 Å². The van der Waals surface area contributed by atoms with Crippen LogP contribution in [0.3, 0.4) is 0 Å². The maximum Gasteiger partial charge on any atom is 0.339 e. The highest BCUT2D eigenvalue weighted by atomic mass is 32.2. The lowest BCUT2D eigenvalue weighted by Crippen LogP contribution is -2.48. The summed E-state index contributed by atoms with van der Waals surface area (Å²) in [6.07, 6.45) is 0.385. The van der Waals surface area contributed by atoms with Crippen LogP contribution in [0.4, 0.5) is 0 Å². The van der Waals surface area contributed by atoms with Gasteiger partial charge in [-0.05, 0) is 56.4 Å². The molecule has 0 aliphatic heterocycles. The first-order valence-electron chi connectivity index (χ1n) is 13.5. The Morgan fingerprint density at radius 3 is 2.39 bits per heavy atom. The van der Waals surface area contributed by atoms with Gasteiger partial charge in [0.15, 0.2) is 0 Å². The first-order chi connectivity index (χ1) is 19.6. The van der Waals surface area contributed by atoms with Crippen molar-refractivity contribution in [2.75, 3.05) is 12.3 Å². The second kappa shape index (κ2) is 13.5. The number of amides is 2. The molecular formula is C31H34N2O7S. The normalized spacial score (nSPS) is 12.0. The van der Waals surface area contributed by atoms with Crippen LogP contribution in [-0.4, -0.2) is 41.2 Å². The largest absolute Gasteiger partial charge is 0.481 e. The predicted octanol–water partition coefficient (Wildman–Crippen LogP) is 4.80. The predicted molar refractivity (Wildman–Crippen MR) is 159 cm³/mol. The van der Waals surface area contributed by atoms with E-state index in [1.807, 2.05) is 57.2 Å². The Morgan fingerprint density at radius 2 is 1.66 bits per heavy atom. The van der Waals surface area contributed by atoms with Crippen LogP contribution in [0.1, 0.15) is 47.3 Å². The maximum atomic E-state index is 13.0. The lowest BCUT2D eigenvalue weighted by atomic mass is 10.0. The molecule has 2 aromatic heterocycles. The van der Waals surface area contributed by atoms with E-state index in [1.165, 1.54) is 11.8 Å². The molecule has 4 aromatic rings. The van der Waals surface area contributed by atoms with E-state index in [4.69, 9.17) is 13.9 Å². The quantitative estimate of drug-likeness (QED) is 0.152. The zero-order valence-electron chi connectivity index (χ0n) is 23.4. The molecule has 4 rings (SSSR count). The molecule has 1 atom stereocenters. The number of hydrogen-bond acceptors (Lipinski definition) is 7. The Labute approximate surface area is 241 Å². The van der Waals surface area contributed by atoms with Gasteiger partial charge < -0.3 is 24.6 Å². The van der Waals surface area contributed by atoms with E-state index in [0.717, 1.165) is 33.2 Å². The van der Waals surface area contributed by atoms with Crippen LogP contribution < -0.4 is 16.3 Å². The summed E-state index contributed by atoms with van der Waals surface area (Å²) in [5.74, 6) is 0.124. The van der Waals surface area contributed by atoms with E-state index >= 15 is 0 Å². The maximum absolute atomic E-state index is 13.0. The SMILES string of the molecule is Cc1oc2cc3oc(=O)c(CCC(=O)N[C@H](CSCc4ccccc4)C(=O)NCCCC(=O)O)c(C)c3cc2c1C. The van der Waals surface area contributed by atoms with E-state index < -0.39 is 17.6 Å². The number of rotatable bonds is 13. The number of thioether (sulfide) groups is 1. The topological polar surface area (TPSA) is 139 Å². The zero-order chi connectivity index (χ0) is 29.5. The molecule has 9 nitrogen and oxygen atoms in total. The fourth-order valence-electron chi connectivity index (χ4n) is 4.65. The second-order valence-corrected chi connectivity index (χ2v) is 11.1. The van der Waals surface area contributed by atoms with Crippen molar-refractivity contribution in [3.63, 3.8) is 0 Å². The van der Waals surface area contributed by atoms with Gasteiger partial charge in [0.2, 0.25) is 11.8 Å². The molecule has 0 unspecified atom stereocenters. The number of carboxylic acid groups (broad SMARTS) is 1. The van der Waals surface area contributed by atoms with E-state index in [9.17, 15) is 19.2 Å². The highest BCUT2D eigenvalue weighted by Crippen LogP contribution is 2.31. The first-order valence-corrected chi connectivity index (χ1v) is 14.7. The van der Waals surface area contributed by atoms with Crippen molar-refractivity contribution in [1.29, 1.82) is 0 Å². The van der Waals surface area contributed by atoms with Gasteiger partial charge in [-0.2, -0.15) is 11.8 Å². The molecular weight excluding hydrogens is 544 g/mol. The number of furan rings is 1. The fraction of sp³-hybridized carbons (Fsp3) is 0.355. The molecule has 2 amide bonds. The Hall–Kier alpha value is -4.05. The molecule has 0 aliphatic rings. The van der Waals surface area contributed by atoms with Gasteiger partial charge in [0.1, 0.15) is 23.0 Å². The summed E-state index contributed by atoms with van der Waals surface area (Å²) in [4.78, 5) is 49.5. The van der Waals surface area contributed by atoms with Crippen LogP contribution in [0.2, 0.25) is 0 Å². The monoisotopic (exact) mass is 578 g/mol. The second-order valence-electron chi connectivity index (χ2n) is 10.0. The van der Waals surface area contributed by atoms with Crippen molar-refractivity contribution in [3.05, 3.63) is 80.9 Å². The molecule has 0 aliphatic carbocycles. The number of hydrogen-bond donors (Lipinski definition) is 3. The Balaban J connectivity index is 1.43. The lowest BCUT2D eigenvalue weighted by molar-refractivity contribution is -0.137. The van der Waals surface area contributed by atoms with Crippen LogP contribution in [0.25, 0.3) is 21.9 Å². The molecule has 2 heterocycles. The van der Waals surface area contributed by atoms with Crippen molar-refractivity contribution < 1.29 is 28.3 Å². The van der Waals surface area contributed by atoms with Crippen LogP contribution in [0.15, 0.2) is 56.1 Å². The third kappa shape index (κ3) is 7.58. The number of benzene rings is 2. The van der Waals surface area contributed by atoms with Crippen LogP contribution in [-0.2, 0) is 26.6 Å².